The van der Waals surface area contributed by atoms with Crippen LogP contribution in [0.15, 0.2) is 28.3 Å². The summed E-state index contributed by atoms with van der Waals surface area (Å²) in [4.78, 5) is 12.8. The van der Waals surface area contributed by atoms with Crippen LogP contribution in [-0.2, 0) is 4.74 Å². The van der Waals surface area contributed by atoms with E-state index in [4.69, 9.17) is 10.5 Å². The Morgan fingerprint density at radius 3 is 3.05 bits per heavy atom. The average molecular weight is 305 g/mol. The lowest BCUT2D eigenvalue weighted by Gasteiger charge is -2.09. The Bertz CT molecular complexity index is 668. The maximum absolute atomic E-state index is 12.0. The minimum Gasteiger partial charge on any atom is -0.462 e. The number of nitrogens with two attached hydrogens (primary N) is 1. The molecule has 0 aliphatic heterocycles. The first-order valence-electron chi connectivity index (χ1n) is 6.71. The molecule has 0 spiro atoms. The van der Waals surface area contributed by atoms with E-state index in [0.717, 1.165) is 17.7 Å². The lowest BCUT2D eigenvalue weighted by molar-refractivity contribution is 0.0522. The SMILES string of the molecule is CCOC(=O)c1cc(N)ccc1Sc1nnnn1C1CC1. The fourth-order valence-corrected chi connectivity index (χ4v) is 2.85. The van der Waals surface area contributed by atoms with E-state index < -0.39 is 5.97 Å². The van der Waals surface area contributed by atoms with E-state index >= 15 is 0 Å². The molecule has 1 heterocycles. The number of tetrazole rings is 1. The molecular formula is C13H15N5O2S. The number of rotatable bonds is 5. The number of ether oxygens (including phenoxy) is 1. The van der Waals surface area contributed by atoms with Crippen LogP contribution in [0.5, 0.6) is 0 Å². The zero-order valence-electron chi connectivity index (χ0n) is 11.5. The van der Waals surface area contributed by atoms with Crippen molar-refractivity contribution in [2.75, 3.05) is 12.3 Å². The topological polar surface area (TPSA) is 95.9 Å². The molecule has 1 aromatic heterocycles. The molecule has 0 amide bonds. The van der Waals surface area contributed by atoms with E-state index in [0.29, 0.717) is 29.1 Å². The van der Waals surface area contributed by atoms with E-state index in [1.54, 1.807) is 29.8 Å². The third-order valence-electron chi connectivity index (χ3n) is 3.06. The first kappa shape index (κ1) is 13.9. The van der Waals surface area contributed by atoms with Gasteiger partial charge >= 0.3 is 5.97 Å². The van der Waals surface area contributed by atoms with Gasteiger partial charge in [-0.1, -0.05) is 0 Å². The molecule has 2 N–H and O–H groups in total. The Hall–Kier alpha value is -2.09. The van der Waals surface area contributed by atoms with Crippen LogP contribution in [-0.4, -0.2) is 32.8 Å². The Morgan fingerprint density at radius 2 is 2.33 bits per heavy atom. The molecule has 0 bridgehead atoms. The van der Waals surface area contributed by atoms with E-state index in [1.165, 1.54) is 11.8 Å². The molecule has 1 saturated carbocycles. The molecule has 1 aromatic carbocycles. The number of benzene rings is 1. The first-order valence-corrected chi connectivity index (χ1v) is 7.53. The molecule has 3 rings (SSSR count). The van der Waals surface area contributed by atoms with Crippen molar-refractivity contribution in [1.82, 2.24) is 20.2 Å². The lowest BCUT2D eigenvalue weighted by atomic mass is 10.2. The summed E-state index contributed by atoms with van der Waals surface area (Å²) in [6, 6.07) is 5.53. The van der Waals surface area contributed by atoms with Gasteiger partial charge in [-0.3, -0.25) is 0 Å². The number of nitrogens with zero attached hydrogens (tertiary/aromatic N) is 4. The minimum atomic E-state index is -0.391. The Balaban J connectivity index is 1.90. The van der Waals surface area contributed by atoms with E-state index in [9.17, 15) is 4.79 Å². The third kappa shape index (κ3) is 2.99. The van der Waals surface area contributed by atoms with Gasteiger partial charge in [-0.25, -0.2) is 9.48 Å². The summed E-state index contributed by atoms with van der Waals surface area (Å²) in [5.74, 6) is -0.391. The standard InChI is InChI=1S/C13H15N5O2S/c1-2-20-12(19)10-7-8(14)3-6-11(10)21-13-15-16-17-18(13)9-4-5-9/h3,6-7,9H,2,4-5,14H2,1H3. The van der Waals surface area contributed by atoms with Crippen LogP contribution in [0.2, 0.25) is 0 Å². The Morgan fingerprint density at radius 1 is 1.52 bits per heavy atom. The van der Waals surface area contributed by atoms with Gasteiger partial charge in [-0.05, 0) is 60.2 Å². The summed E-state index contributed by atoms with van der Waals surface area (Å²) < 4.78 is 6.87. The summed E-state index contributed by atoms with van der Waals surface area (Å²) in [7, 11) is 0. The number of hydrogen-bond acceptors (Lipinski definition) is 7. The van der Waals surface area contributed by atoms with Crippen molar-refractivity contribution in [3.63, 3.8) is 0 Å². The molecule has 8 heteroatoms. The molecule has 0 radical (unpaired) electrons. The molecule has 0 atom stereocenters. The van der Waals surface area contributed by atoms with Crippen LogP contribution < -0.4 is 5.73 Å². The normalized spacial score (nSPS) is 14.1. The second-order valence-electron chi connectivity index (χ2n) is 4.72. The zero-order valence-corrected chi connectivity index (χ0v) is 12.3. The van der Waals surface area contributed by atoms with Crippen molar-refractivity contribution in [3.8, 4) is 0 Å². The van der Waals surface area contributed by atoms with Crippen LogP contribution in [0, 0.1) is 0 Å². The molecular weight excluding hydrogens is 290 g/mol. The largest absolute Gasteiger partial charge is 0.462 e. The van der Waals surface area contributed by atoms with Gasteiger partial charge in [0.2, 0.25) is 5.16 Å². The first-order chi connectivity index (χ1) is 10.2. The van der Waals surface area contributed by atoms with E-state index in [-0.39, 0.29) is 0 Å². The number of esters is 1. The number of carbonyl (C=O) groups is 1. The predicted molar refractivity (Wildman–Crippen MR) is 77.0 cm³/mol. The Labute approximate surface area is 125 Å². The van der Waals surface area contributed by atoms with Crippen molar-refractivity contribution < 1.29 is 9.53 Å². The van der Waals surface area contributed by atoms with E-state index in [1.807, 2.05) is 0 Å². The van der Waals surface area contributed by atoms with Gasteiger partial charge in [0, 0.05) is 10.6 Å². The molecule has 1 fully saturated rings. The third-order valence-corrected chi connectivity index (χ3v) is 4.08. The summed E-state index contributed by atoms with van der Waals surface area (Å²) in [5, 5.41) is 12.4. The zero-order chi connectivity index (χ0) is 14.8. The van der Waals surface area contributed by atoms with Gasteiger partial charge in [0.1, 0.15) is 0 Å². The van der Waals surface area contributed by atoms with Gasteiger partial charge in [0.15, 0.2) is 0 Å². The predicted octanol–water partition coefficient (Wildman–Crippen LogP) is 1.92. The molecule has 110 valence electrons. The maximum atomic E-state index is 12.0. The minimum absolute atomic E-state index is 0.317. The molecule has 0 unspecified atom stereocenters. The highest BCUT2D eigenvalue weighted by molar-refractivity contribution is 7.99. The highest BCUT2D eigenvalue weighted by Crippen LogP contribution is 2.38. The highest BCUT2D eigenvalue weighted by atomic mass is 32.2. The second-order valence-corrected chi connectivity index (χ2v) is 5.72. The monoisotopic (exact) mass is 305 g/mol. The summed E-state index contributed by atoms with van der Waals surface area (Å²) >= 11 is 1.35. The maximum Gasteiger partial charge on any atom is 0.339 e. The molecule has 21 heavy (non-hydrogen) atoms. The molecule has 7 nitrogen and oxygen atoms in total. The van der Waals surface area contributed by atoms with Crippen LogP contribution in [0.4, 0.5) is 5.69 Å². The van der Waals surface area contributed by atoms with Crippen LogP contribution in [0.3, 0.4) is 0 Å². The van der Waals surface area contributed by atoms with Crippen molar-refractivity contribution in [2.45, 2.75) is 35.9 Å². The summed E-state index contributed by atoms with van der Waals surface area (Å²) in [6.07, 6.45) is 2.18. The molecule has 1 aliphatic carbocycles. The van der Waals surface area contributed by atoms with Crippen molar-refractivity contribution in [1.29, 1.82) is 0 Å². The highest BCUT2D eigenvalue weighted by Gasteiger charge is 2.28. The van der Waals surface area contributed by atoms with Crippen LogP contribution >= 0.6 is 11.8 Å². The van der Waals surface area contributed by atoms with Crippen molar-refractivity contribution >= 4 is 23.4 Å². The molecule has 2 aromatic rings. The molecule has 0 saturated heterocycles. The summed E-state index contributed by atoms with van der Waals surface area (Å²) in [5.41, 5.74) is 6.72. The van der Waals surface area contributed by atoms with Gasteiger partial charge in [0.25, 0.3) is 0 Å². The lowest BCUT2D eigenvalue weighted by Crippen LogP contribution is -2.07. The van der Waals surface area contributed by atoms with Crippen LogP contribution in [0.1, 0.15) is 36.2 Å². The van der Waals surface area contributed by atoms with Gasteiger partial charge < -0.3 is 10.5 Å². The molecule has 1 aliphatic rings. The van der Waals surface area contributed by atoms with Gasteiger partial charge in [-0.2, -0.15) is 0 Å². The number of anilines is 1. The van der Waals surface area contributed by atoms with Crippen LogP contribution in [0.25, 0.3) is 0 Å². The number of hydrogen-bond donors (Lipinski definition) is 1. The number of aromatic nitrogens is 4. The number of nitrogen functional groups attached to an aromatic ring is 1. The van der Waals surface area contributed by atoms with Crippen molar-refractivity contribution in [2.24, 2.45) is 0 Å². The van der Waals surface area contributed by atoms with Crippen molar-refractivity contribution in [3.05, 3.63) is 23.8 Å². The fraction of sp³-hybridized carbons (Fsp3) is 0.385. The van der Waals surface area contributed by atoms with E-state index in [2.05, 4.69) is 15.5 Å². The van der Waals surface area contributed by atoms with Gasteiger partial charge in [0.05, 0.1) is 18.2 Å². The number of carbonyl (C=O) groups excluding carboxylic acids is 1. The fourth-order valence-electron chi connectivity index (χ4n) is 1.90. The average Bonchev–Trinajstić information content (AvgIpc) is 3.21. The van der Waals surface area contributed by atoms with Gasteiger partial charge in [-0.15, -0.1) is 5.10 Å². The summed E-state index contributed by atoms with van der Waals surface area (Å²) in [6.45, 7) is 2.09. The Kier molecular flexibility index (Phi) is 3.78. The smallest absolute Gasteiger partial charge is 0.339 e. The quantitative estimate of drug-likeness (QED) is 0.666. The second kappa shape index (κ2) is 5.72.